The Morgan fingerprint density at radius 3 is 2.81 bits per heavy atom. The van der Waals surface area contributed by atoms with Gasteiger partial charge in [0.15, 0.2) is 16.9 Å². The number of ether oxygens (including phenoxy) is 1. The predicted octanol–water partition coefficient (Wildman–Crippen LogP) is -0.234. The van der Waals surface area contributed by atoms with Gasteiger partial charge in [-0.25, -0.2) is 14.6 Å². The van der Waals surface area contributed by atoms with Crippen LogP contribution in [-0.2, 0) is 28.8 Å². The minimum atomic E-state index is -1.26. The number of amides is 2. The molecule has 1 saturated heterocycles. The number of nitrogens with zero attached hydrogens (tertiary/aromatic N) is 3. The van der Waals surface area contributed by atoms with Crippen molar-refractivity contribution >= 4 is 57.7 Å². The predicted molar refractivity (Wildman–Crippen MR) is 111 cm³/mol. The molecule has 2 unspecified atom stereocenters. The fraction of sp³-hybridized carbons (Fsp3) is 0.412. The molecule has 3 atom stereocenters. The van der Waals surface area contributed by atoms with Crippen LogP contribution in [0.2, 0.25) is 0 Å². The second kappa shape index (κ2) is 9.34. The van der Waals surface area contributed by atoms with E-state index in [4.69, 9.17) is 20.4 Å². The molecule has 0 aliphatic carbocycles. The Balaban J connectivity index is 1.66. The zero-order valence-corrected chi connectivity index (χ0v) is 18.1. The lowest BCUT2D eigenvalue weighted by Crippen LogP contribution is -2.69. The number of hydrogen-bond acceptors (Lipinski definition) is 11. The number of carboxylic acid groups (broad SMARTS) is 1. The number of thioether (sulfide) groups is 1. The summed E-state index contributed by atoms with van der Waals surface area (Å²) < 4.78 is 4.97. The molecule has 14 heteroatoms. The molecule has 3 heterocycles. The lowest BCUT2D eigenvalue weighted by Gasteiger charge is -2.47. The van der Waals surface area contributed by atoms with Crippen molar-refractivity contribution in [2.24, 2.45) is 5.16 Å². The van der Waals surface area contributed by atoms with Gasteiger partial charge in [-0.3, -0.25) is 9.59 Å². The summed E-state index contributed by atoms with van der Waals surface area (Å²) in [4.78, 5) is 58.4. The third-order valence-electron chi connectivity index (χ3n) is 4.39. The van der Waals surface area contributed by atoms with E-state index in [9.17, 15) is 19.2 Å². The van der Waals surface area contributed by atoms with Gasteiger partial charge in [0.05, 0.1) is 5.57 Å². The topological polar surface area (TPSA) is 174 Å². The van der Waals surface area contributed by atoms with Crippen LogP contribution in [0.3, 0.4) is 0 Å². The number of aromatic nitrogens is 1. The number of aliphatic carboxylic acids is 1. The standard InChI is InChI=1S/C17H19N5O7S2/c1-3-9(15(25)26)29-16(27)7-4-22-13(24)11(14(22)30-5-7)20-12(23)10(21-28-2)8-6-31-17(18)19-8/h4,6,9,11,14H,3,5H2,1-2H3,(H2,18,19)(H,20,23)(H,25,26)/t9?,11?,14-/m1/s1. The van der Waals surface area contributed by atoms with Crippen molar-refractivity contribution in [2.75, 3.05) is 18.6 Å². The number of hydrogen-bond donors (Lipinski definition) is 3. The quantitative estimate of drug-likeness (QED) is 0.200. The molecule has 12 nitrogen and oxygen atoms in total. The van der Waals surface area contributed by atoms with Gasteiger partial charge in [-0.05, 0) is 6.42 Å². The molecule has 0 radical (unpaired) electrons. The molecule has 166 valence electrons. The highest BCUT2D eigenvalue weighted by Gasteiger charge is 2.50. The van der Waals surface area contributed by atoms with E-state index in [-0.39, 0.29) is 34.3 Å². The van der Waals surface area contributed by atoms with Crippen molar-refractivity contribution in [1.29, 1.82) is 0 Å². The van der Waals surface area contributed by atoms with E-state index >= 15 is 0 Å². The number of esters is 1. The summed E-state index contributed by atoms with van der Waals surface area (Å²) in [6.45, 7) is 1.58. The summed E-state index contributed by atoms with van der Waals surface area (Å²) in [5.74, 6) is -2.94. The molecule has 2 aliphatic rings. The van der Waals surface area contributed by atoms with Gasteiger partial charge in [0.1, 0.15) is 24.2 Å². The van der Waals surface area contributed by atoms with Crippen LogP contribution in [0.25, 0.3) is 0 Å². The number of rotatable bonds is 8. The number of fused-ring (bicyclic) bond motifs is 1. The van der Waals surface area contributed by atoms with Gasteiger partial charge in [0, 0.05) is 17.3 Å². The van der Waals surface area contributed by atoms with Gasteiger partial charge in [-0.1, -0.05) is 12.1 Å². The molecule has 3 rings (SSSR count). The van der Waals surface area contributed by atoms with Crippen LogP contribution >= 0.6 is 23.1 Å². The van der Waals surface area contributed by atoms with E-state index in [2.05, 4.69) is 15.5 Å². The maximum atomic E-state index is 12.6. The highest BCUT2D eigenvalue weighted by molar-refractivity contribution is 8.00. The second-order valence-corrected chi connectivity index (χ2v) is 8.38. The van der Waals surface area contributed by atoms with E-state index in [1.165, 1.54) is 30.0 Å². The number of oxime groups is 1. The number of anilines is 1. The van der Waals surface area contributed by atoms with Gasteiger partial charge in [0.25, 0.3) is 11.8 Å². The average molecular weight is 470 g/mol. The first kappa shape index (κ1) is 22.6. The van der Waals surface area contributed by atoms with Crippen LogP contribution in [0.5, 0.6) is 0 Å². The van der Waals surface area contributed by atoms with Crippen molar-refractivity contribution in [3.63, 3.8) is 0 Å². The summed E-state index contributed by atoms with van der Waals surface area (Å²) in [6.07, 6.45) is 0.194. The van der Waals surface area contributed by atoms with Crippen LogP contribution in [0.4, 0.5) is 5.13 Å². The average Bonchev–Trinajstić information content (AvgIpc) is 3.18. The fourth-order valence-electron chi connectivity index (χ4n) is 2.84. The number of carboxylic acids is 1. The molecule has 31 heavy (non-hydrogen) atoms. The van der Waals surface area contributed by atoms with Crippen LogP contribution in [0.15, 0.2) is 22.3 Å². The van der Waals surface area contributed by atoms with Gasteiger partial charge >= 0.3 is 11.9 Å². The number of carbonyl (C=O) groups excluding carboxylic acids is 3. The molecule has 1 aromatic rings. The summed E-state index contributed by atoms with van der Waals surface area (Å²) in [5.41, 5.74) is 5.85. The lowest BCUT2D eigenvalue weighted by molar-refractivity contribution is -0.161. The Kier molecular flexibility index (Phi) is 6.80. The number of nitrogens with two attached hydrogens (primary N) is 1. The largest absolute Gasteiger partial charge is 0.479 e. The van der Waals surface area contributed by atoms with Crippen LogP contribution in [-0.4, -0.2) is 74.8 Å². The highest BCUT2D eigenvalue weighted by atomic mass is 32.2. The molecule has 2 aliphatic heterocycles. The van der Waals surface area contributed by atoms with Gasteiger partial charge in [-0.15, -0.1) is 23.1 Å². The van der Waals surface area contributed by atoms with Crippen molar-refractivity contribution < 1.29 is 33.9 Å². The van der Waals surface area contributed by atoms with E-state index in [0.29, 0.717) is 0 Å². The molecule has 0 bridgehead atoms. The number of β-lactam (4-membered cyclic amide) rings is 1. The highest BCUT2D eigenvalue weighted by Crippen LogP contribution is 2.36. The second-order valence-electron chi connectivity index (χ2n) is 6.39. The van der Waals surface area contributed by atoms with E-state index < -0.39 is 41.3 Å². The molecule has 0 aromatic carbocycles. The Bertz CT molecular complexity index is 976. The summed E-state index contributed by atoms with van der Waals surface area (Å²) in [5, 5.41) is 16.6. The first-order valence-corrected chi connectivity index (χ1v) is 10.9. The number of nitrogens with one attached hydrogen (secondary N) is 1. The van der Waals surface area contributed by atoms with E-state index in [1.807, 2.05) is 0 Å². The zero-order chi connectivity index (χ0) is 22.7. The Labute approximate surface area is 184 Å². The molecule has 2 amide bonds. The molecule has 0 saturated carbocycles. The lowest BCUT2D eigenvalue weighted by atomic mass is 10.1. The summed E-state index contributed by atoms with van der Waals surface area (Å²) in [6, 6.07) is -0.841. The summed E-state index contributed by atoms with van der Waals surface area (Å²) >= 11 is 2.37. The van der Waals surface area contributed by atoms with Crippen molar-refractivity contribution in [3.05, 3.63) is 22.8 Å². The van der Waals surface area contributed by atoms with Gasteiger partial charge in [-0.2, -0.15) is 0 Å². The van der Waals surface area contributed by atoms with Crippen molar-refractivity contribution in [1.82, 2.24) is 15.2 Å². The number of carbonyl (C=O) groups is 4. The monoisotopic (exact) mass is 469 g/mol. The Morgan fingerprint density at radius 1 is 1.48 bits per heavy atom. The van der Waals surface area contributed by atoms with Crippen LogP contribution in [0.1, 0.15) is 19.0 Å². The smallest absolute Gasteiger partial charge is 0.345 e. The summed E-state index contributed by atoms with van der Waals surface area (Å²) in [7, 11) is 1.27. The molecule has 0 spiro atoms. The first-order chi connectivity index (χ1) is 14.8. The Hall–Kier alpha value is -3.13. The molecular formula is C17H19N5O7S2. The van der Waals surface area contributed by atoms with Gasteiger partial charge in [0.2, 0.25) is 0 Å². The van der Waals surface area contributed by atoms with Crippen molar-refractivity contribution in [3.8, 4) is 0 Å². The molecule has 1 fully saturated rings. The maximum Gasteiger partial charge on any atom is 0.345 e. The third kappa shape index (κ3) is 4.64. The zero-order valence-electron chi connectivity index (χ0n) is 16.4. The third-order valence-corrected chi connectivity index (χ3v) is 6.38. The van der Waals surface area contributed by atoms with Gasteiger partial charge < -0.3 is 30.6 Å². The van der Waals surface area contributed by atoms with Crippen LogP contribution in [0, 0.1) is 0 Å². The Morgan fingerprint density at radius 2 is 2.23 bits per heavy atom. The minimum absolute atomic E-state index is 0.122. The fourth-order valence-corrected chi connectivity index (χ4v) is 4.63. The van der Waals surface area contributed by atoms with E-state index in [1.54, 1.807) is 12.3 Å². The molecule has 4 N–H and O–H groups in total. The number of thiazole rings is 1. The van der Waals surface area contributed by atoms with Crippen LogP contribution < -0.4 is 11.1 Å². The van der Waals surface area contributed by atoms with Crippen molar-refractivity contribution in [2.45, 2.75) is 30.9 Å². The number of nitrogen functional groups attached to an aromatic ring is 1. The normalized spacial score (nSPS) is 21.4. The maximum absolute atomic E-state index is 12.6. The van der Waals surface area contributed by atoms with E-state index in [0.717, 1.165) is 11.3 Å². The minimum Gasteiger partial charge on any atom is -0.479 e. The first-order valence-electron chi connectivity index (χ1n) is 8.98. The molecular weight excluding hydrogens is 450 g/mol. The molecule has 1 aromatic heterocycles. The SMILES string of the molecule is CCC(OC(=O)C1=CN2C(=O)C(NC(=O)C(=NOC)c3csc(N)n3)[C@H]2SC1)C(=O)O.